The summed E-state index contributed by atoms with van der Waals surface area (Å²) in [6.07, 6.45) is 2.23. The standard InChI is InChI=1S/C19H24N2O4/c1-13-5-4-6-14(2)21(13)18(22)12-24-19(23)15(3)25-17-9-7-16(11-20)8-10-17/h7-10,13-15H,4-6,12H2,1-3H3/t13-,14-,15-/m1/s1. The zero-order chi connectivity index (χ0) is 18.4. The van der Waals surface area contributed by atoms with Gasteiger partial charge in [0.1, 0.15) is 5.75 Å². The third kappa shape index (κ3) is 4.96. The van der Waals surface area contributed by atoms with Crippen molar-refractivity contribution in [3.05, 3.63) is 29.8 Å². The van der Waals surface area contributed by atoms with E-state index in [1.807, 2.05) is 24.8 Å². The van der Waals surface area contributed by atoms with Crippen LogP contribution in [0.5, 0.6) is 5.75 Å². The lowest BCUT2D eigenvalue weighted by molar-refractivity contribution is -0.159. The number of benzene rings is 1. The zero-order valence-corrected chi connectivity index (χ0v) is 14.9. The summed E-state index contributed by atoms with van der Waals surface area (Å²) < 4.78 is 10.6. The lowest BCUT2D eigenvalue weighted by Crippen LogP contribution is -2.49. The van der Waals surface area contributed by atoms with Crippen LogP contribution in [-0.2, 0) is 14.3 Å². The molecule has 1 aliphatic rings. The molecule has 3 atom stereocenters. The van der Waals surface area contributed by atoms with Gasteiger partial charge in [0.15, 0.2) is 12.7 Å². The van der Waals surface area contributed by atoms with E-state index < -0.39 is 12.1 Å². The topological polar surface area (TPSA) is 79.6 Å². The van der Waals surface area contributed by atoms with Crippen molar-refractivity contribution >= 4 is 11.9 Å². The second-order valence-electron chi connectivity index (χ2n) is 6.43. The number of piperidine rings is 1. The van der Waals surface area contributed by atoms with Gasteiger partial charge in [-0.2, -0.15) is 5.26 Å². The third-order valence-electron chi connectivity index (χ3n) is 4.45. The van der Waals surface area contributed by atoms with E-state index in [1.165, 1.54) is 0 Å². The Hall–Kier alpha value is -2.55. The number of ether oxygens (including phenoxy) is 2. The van der Waals surface area contributed by atoms with E-state index in [2.05, 4.69) is 0 Å². The molecule has 1 aliphatic heterocycles. The van der Waals surface area contributed by atoms with E-state index in [-0.39, 0.29) is 24.6 Å². The molecule has 0 bridgehead atoms. The summed E-state index contributed by atoms with van der Waals surface area (Å²) in [4.78, 5) is 26.2. The van der Waals surface area contributed by atoms with Crippen LogP contribution in [0.4, 0.5) is 0 Å². The predicted molar refractivity (Wildman–Crippen MR) is 91.8 cm³/mol. The largest absolute Gasteiger partial charge is 0.479 e. The number of carbonyl (C=O) groups is 2. The van der Waals surface area contributed by atoms with Crippen LogP contribution in [0.2, 0.25) is 0 Å². The molecule has 1 aromatic carbocycles. The highest BCUT2D eigenvalue weighted by Crippen LogP contribution is 2.22. The molecule has 134 valence electrons. The first-order valence-corrected chi connectivity index (χ1v) is 8.57. The summed E-state index contributed by atoms with van der Waals surface area (Å²) in [6.45, 7) is 5.34. The fraction of sp³-hybridized carbons (Fsp3) is 0.526. The smallest absolute Gasteiger partial charge is 0.347 e. The lowest BCUT2D eigenvalue weighted by atomic mass is 9.97. The van der Waals surface area contributed by atoms with Gasteiger partial charge in [-0.1, -0.05) is 0 Å². The Kier molecular flexibility index (Phi) is 6.40. The minimum atomic E-state index is -0.836. The molecule has 0 aliphatic carbocycles. The highest BCUT2D eigenvalue weighted by atomic mass is 16.6. The molecule has 1 amide bonds. The maximum atomic E-state index is 12.4. The lowest BCUT2D eigenvalue weighted by Gasteiger charge is -2.38. The van der Waals surface area contributed by atoms with Crippen LogP contribution in [0.1, 0.15) is 45.6 Å². The number of amides is 1. The average Bonchev–Trinajstić information content (AvgIpc) is 2.60. The van der Waals surface area contributed by atoms with E-state index in [1.54, 1.807) is 31.2 Å². The van der Waals surface area contributed by atoms with Gasteiger partial charge in [0.2, 0.25) is 0 Å². The van der Waals surface area contributed by atoms with Gasteiger partial charge in [-0.25, -0.2) is 4.79 Å². The number of hydrogen-bond acceptors (Lipinski definition) is 5. The Bertz CT molecular complexity index is 640. The Balaban J connectivity index is 1.84. The van der Waals surface area contributed by atoms with Gasteiger partial charge in [0, 0.05) is 12.1 Å². The summed E-state index contributed by atoms with van der Waals surface area (Å²) in [7, 11) is 0. The maximum absolute atomic E-state index is 12.4. The number of rotatable bonds is 5. The average molecular weight is 344 g/mol. The Morgan fingerprint density at radius 1 is 1.24 bits per heavy atom. The quantitative estimate of drug-likeness (QED) is 0.767. The minimum absolute atomic E-state index is 0.168. The van der Waals surface area contributed by atoms with Crippen molar-refractivity contribution < 1.29 is 19.1 Å². The fourth-order valence-electron chi connectivity index (χ4n) is 3.10. The molecule has 0 saturated carbocycles. The predicted octanol–water partition coefficient (Wildman–Crippen LogP) is 2.66. The number of nitrogens with zero attached hydrogens (tertiary/aromatic N) is 2. The SMILES string of the molecule is C[C@@H]1CCC[C@@H](C)N1C(=O)COC(=O)[C@@H](C)Oc1ccc(C#N)cc1. The van der Waals surface area contributed by atoms with Crippen LogP contribution in [-0.4, -0.2) is 41.6 Å². The molecular formula is C19H24N2O4. The van der Waals surface area contributed by atoms with Gasteiger partial charge >= 0.3 is 5.97 Å². The molecule has 0 unspecified atom stereocenters. The van der Waals surface area contributed by atoms with Crippen LogP contribution in [0, 0.1) is 11.3 Å². The molecule has 0 aromatic heterocycles. The molecule has 0 radical (unpaired) electrons. The molecule has 1 heterocycles. The highest BCUT2D eigenvalue weighted by molar-refractivity contribution is 5.82. The number of likely N-dealkylation sites (tertiary alicyclic amines) is 1. The second kappa shape index (κ2) is 8.52. The van der Waals surface area contributed by atoms with Crippen molar-refractivity contribution in [3.8, 4) is 11.8 Å². The summed E-state index contributed by atoms with van der Waals surface area (Å²) in [5.74, 6) is -0.290. The normalized spacial score (nSPS) is 21.1. The fourth-order valence-corrected chi connectivity index (χ4v) is 3.10. The third-order valence-corrected chi connectivity index (χ3v) is 4.45. The Morgan fingerprint density at radius 3 is 2.40 bits per heavy atom. The molecule has 25 heavy (non-hydrogen) atoms. The summed E-state index contributed by atoms with van der Waals surface area (Å²) >= 11 is 0. The van der Waals surface area contributed by atoms with Crippen molar-refractivity contribution in [2.75, 3.05) is 6.61 Å². The molecule has 6 heteroatoms. The first-order valence-electron chi connectivity index (χ1n) is 8.57. The number of carbonyl (C=O) groups excluding carboxylic acids is 2. The summed E-state index contributed by atoms with van der Waals surface area (Å²) in [5.41, 5.74) is 0.512. The van der Waals surface area contributed by atoms with Crippen molar-refractivity contribution in [2.24, 2.45) is 0 Å². The van der Waals surface area contributed by atoms with Gasteiger partial charge in [-0.3, -0.25) is 4.79 Å². The van der Waals surface area contributed by atoms with Gasteiger partial charge in [0.25, 0.3) is 5.91 Å². The van der Waals surface area contributed by atoms with Gasteiger partial charge in [0.05, 0.1) is 11.6 Å². The first-order chi connectivity index (χ1) is 11.9. The van der Waals surface area contributed by atoms with E-state index in [9.17, 15) is 9.59 Å². The summed E-state index contributed by atoms with van der Waals surface area (Å²) in [6, 6.07) is 8.80. The second-order valence-corrected chi connectivity index (χ2v) is 6.43. The zero-order valence-electron chi connectivity index (χ0n) is 14.9. The number of esters is 1. The molecule has 1 aromatic rings. The van der Waals surface area contributed by atoms with Crippen molar-refractivity contribution in [1.29, 1.82) is 5.26 Å². The van der Waals surface area contributed by atoms with Crippen molar-refractivity contribution in [1.82, 2.24) is 4.90 Å². The molecule has 1 fully saturated rings. The number of nitriles is 1. The highest BCUT2D eigenvalue weighted by Gasteiger charge is 2.30. The van der Waals surface area contributed by atoms with Gasteiger partial charge in [-0.15, -0.1) is 0 Å². The van der Waals surface area contributed by atoms with Gasteiger partial charge in [-0.05, 0) is 64.3 Å². The Labute approximate surface area is 148 Å². The van der Waals surface area contributed by atoms with Gasteiger partial charge < -0.3 is 14.4 Å². The van der Waals surface area contributed by atoms with Crippen LogP contribution >= 0.6 is 0 Å². The van der Waals surface area contributed by atoms with Crippen molar-refractivity contribution in [2.45, 2.75) is 58.2 Å². The monoisotopic (exact) mass is 344 g/mol. The molecule has 1 saturated heterocycles. The van der Waals surface area contributed by atoms with Crippen LogP contribution < -0.4 is 4.74 Å². The van der Waals surface area contributed by atoms with E-state index in [4.69, 9.17) is 14.7 Å². The van der Waals surface area contributed by atoms with Crippen LogP contribution in [0.25, 0.3) is 0 Å². The molecule has 2 rings (SSSR count). The van der Waals surface area contributed by atoms with Crippen LogP contribution in [0.3, 0.4) is 0 Å². The molecular weight excluding hydrogens is 320 g/mol. The number of hydrogen-bond donors (Lipinski definition) is 0. The first kappa shape index (κ1) is 18.8. The Morgan fingerprint density at radius 2 is 1.84 bits per heavy atom. The van der Waals surface area contributed by atoms with E-state index in [0.29, 0.717) is 11.3 Å². The molecule has 0 spiro atoms. The minimum Gasteiger partial charge on any atom is -0.479 e. The van der Waals surface area contributed by atoms with E-state index in [0.717, 1.165) is 19.3 Å². The van der Waals surface area contributed by atoms with E-state index >= 15 is 0 Å². The maximum Gasteiger partial charge on any atom is 0.347 e. The van der Waals surface area contributed by atoms with Crippen molar-refractivity contribution in [3.63, 3.8) is 0 Å². The van der Waals surface area contributed by atoms with Crippen LogP contribution in [0.15, 0.2) is 24.3 Å². The molecule has 6 nitrogen and oxygen atoms in total. The summed E-state index contributed by atoms with van der Waals surface area (Å²) in [5, 5.41) is 8.76. The molecule has 0 N–H and O–H groups in total.